The predicted octanol–water partition coefficient (Wildman–Crippen LogP) is 4.46. The summed E-state index contributed by atoms with van der Waals surface area (Å²) in [6.45, 7) is 0. The summed E-state index contributed by atoms with van der Waals surface area (Å²) in [7, 11) is 1.57. The van der Waals surface area contributed by atoms with Gasteiger partial charge in [0, 0.05) is 20.6 Å². The van der Waals surface area contributed by atoms with E-state index in [1.54, 1.807) is 43.5 Å². The zero-order chi connectivity index (χ0) is 16.4. The highest BCUT2D eigenvalue weighted by molar-refractivity contribution is 9.10. The molecule has 0 fully saturated rings. The van der Waals surface area contributed by atoms with Crippen LogP contribution in [-0.4, -0.2) is 19.0 Å². The average molecular weight is 393 g/mol. The summed E-state index contributed by atoms with van der Waals surface area (Å²) in [5.74, 6) is 0.361. The van der Waals surface area contributed by atoms with Crippen molar-refractivity contribution in [2.24, 2.45) is 4.99 Å². The molecule has 0 aliphatic carbocycles. The molecule has 0 atom stereocenters. The molecule has 3 rings (SSSR count). The van der Waals surface area contributed by atoms with Crippen molar-refractivity contribution >= 4 is 45.5 Å². The molecule has 0 N–H and O–H groups in total. The monoisotopic (exact) mass is 391 g/mol. The Hall–Kier alpha value is -2.11. The fraction of sp³-hybridized carbons (Fsp3) is 0.0588. The van der Waals surface area contributed by atoms with Gasteiger partial charge in [0.15, 0.2) is 5.70 Å². The molecule has 0 bridgehead atoms. The van der Waals surface area contributed by atoms with Crippen LogP contribution in [0.1, 0.15) is 11.1 Å². The lowest BCUT2D eigenvalue weighted by Crippen LogP contribution is -2.05. The van der Waals surface area contributed by atoms with Gasteiger partial charge < -0.3 is 9.47 Å². The maximum atomic E-state index is 12.0. The molecule has 6 heteroatoms. The Morgan fingerprint density at radius 3 is 2.83 bits per heavy atom. The number of rotatable bonds is 3. The molecular weight excluding hydrogens is 382 g/mol. The van der Waals surface area contributed by atoms with Crippen LogP contribution in [0.5, 0.6) is 5.75 Å². The summed E-state index contributed by atoms with van der Waals surface area (Å²) in [5.41, 5.74) is 1.58. The molecule has 2 aromatic carbocycles. The van der Waals surface area contributed by atoms with E-state index in [0.717, 1.165) is 10.0 Å². The molecule has 116 valence electrons. The predicted molar refractivity (Wildman–Crippen MR) is 92.8 cm³/mol. The van der Waals surface area contributed by atoms with Gasteiger partial charge in [-0.2, -0.15) is 0 Å². The Kier molecular flexibility index (Phi) is 4.50. The number of carbonyl (C=O) groups is 1. The zero-order valence-corrected chi connectivity index (χ0v) is 14.4. The van der Waals surface area contributed by atoms with E-state index in [-0.39, 0.29) is 11.6 Å². The van der Waals surface area contributed by atoms with Crippen LogP contribution in [0.25, 0.3) is 6.08 Å². The van der Waals surface area contributed by atoms with Gasteiger partial charge in [-0.25, -0.2) is 9.79 Å². The number of benzene rings is 2. The minimum atomic E-state index is -0.512. The Balaban J connectivity index is 2.00. The van der Waals surface area contributed by atoms with Gasteiger partial charge in [-0.15, -0.1) is 0 Å². The number of hydrogen-bond acceptors (Lipinski definition) is 4. The molecule has 4 nitrogen and oxygen atoms in total. The van der Waals surface area contributed by atoms with Gasteiger partial charge in [-0.3, -0.25) is 0 Å². The maximum absolute atomic E-state index is 12.0. The standard InChI is InChI=1S/C17H11BrClNO3/c1-22-15-6-5-12(18)7-11(15)9-14-17(21)23-16(20-14)10-3-2-4-13(19)8-10/h2-9H,1H3/b14-9-. The van der Waals surface area contributed by atoms with Crippen molar-refractivity contribution in [3.8, 4) is 5.75 Å². The van der Waals surface area contributed by atoms with Crippen LogP contribution < -0.4 is 4.74 Å². The molecule has 23 heavy (non-hydrogen) atoms. The number of carbonyl (C=O) groups excluding carboxylic acids is 1. The summed E-state index contributed by atoms with van der Waals surface area (Å²) >= 11 is 9.35. The van der Waals surface area contributed by atoms with Gasteiger partial charge in [0.05, 0.1) is 7.11 Å². The minimum Gasteiger partial charge on any atom is -0.496 e. The van der Waals surface area contributed by atoms with Gasteiger partial charge in [0.2, 0.25) is 5.90 Å². The average Bonchev–Trinajstić information content (AvgIpc) is 2.89. The second-order valence-corrected chi connectivity index (χ2v) is 6.08. The molecule has 0 unspecified atom stereocenters. The van der Waals surface area contributed by atoms with Crippen molar-refractivity contribution in [1.29, 1.82) is 0 Å². The second-order valence-electron chi connectivity index (χ2n) is 4.73. The van der Waals surface area contributed by atoms with Crippen LogP contribution in [0, 0.1) is 0 Å². The molecule has 0 aromatic heterocycles. The molecule has 2 aromatic rings. The normalized spacial score (nSPS) is 15.5. The fourth-order valence-electron chi connectivity index (χ4n) is 2.12. The van der Waals surface area contributed by atoms with Gasteiger partial charge >= 0.3 is 5.97 Å². The van der Waals surface area contributed by atoms with Crippen molar-refractivity contribution in [1.82, 2.24) is 0 Å². The largest absolute Gasteiger partial charge is 0.496 e. The number of ether oxygens (including phenoxy) is 2. The van der Waals surface area contributed by atoms with Crippen LogP contribution >= 0.6 is 27.5 Å². The lowest BCUT2D eigenvalue weighted by molar-refractivity contribution is -0.129. The molecule has 1 aliphatic rings. The molecule has 0 spiro atoms. The number of hydrogen-bond donors (Lipinski definition) is 0. The van der Waals surface area contributed by atoms with Crippen molar-refractivity contribution in [2.75, 3.05) is 7.11 Å². The number of methoxy groups -OCH3 is 1. The van der Waals surface area contributed by atoms with Crippen LogP contribution in [0.4, 0.5) is 0 Å². The van der Waals surface area contributed by atoms with Crippen molar-refractivity contribution < 1.29 is 14.3 Å². The summed E-state index contributed by atoms with van der Waals surface area (Å²) in [4.78, 5) is 16.3. The molecule has 0 radical (unpaired) electrons. The molecule has 1 aliphatic heterocycles. The fourth-order valence-corrected chi connectivity index (χ4v) is 2.69. The first-order valence-electron chi connectivity index (χ1n) is 6.69. The Labute approximate surface area is 146 Å². The number of aliphatic imine (C=N–C) groups is 1. The Bertz CT molecular complexity index is 845. The van der Waals surface area contributed by atoms with E-state index >= 15 is 0 Å². The number of esters is 1. The van der Waals surface area contributed by atoms with Crippen molar-refractivity contribution in [3.05, 3.63) is 68.8 Å². The molecule has 0 saturated carbocycles. The third kappa shape index (κ3) is 3.46. The third-order valence-electron chi connectivity index (χ3n) is 3.18. The van der Waals surface area contributed by atoms with Crippen molar-refractivity contribution in [2.45, 2.75) is 0 Å². The van der Waals surface area contributed by atoms with E-state index in [4.69, 9.17) is 21.1 Å². The highest BCUT2D eigenvalue weighted by Crippen LogP contribution is 2.27. The van der Waals surface area contributed by atoms with Gasteiger partial charge in [-0.1, -0.05) is 33.6 Å². The third-order valence-corrected chi connectivity index (χ3v) is 3.90. The first kappa shape index (κ1) is 15.8. The van der Waals surface area contributed by atoms with E-state index in [9.17, 15) is 4.79 Å². The van der Waals surface area contributed by atoms with E-state index in [1.165, 1.54) is 0 Å². The molecular formula is C17H11BrClNO3. The number of cyclic esters (lactones) is 1. The maximum Gasteiger partial charge on any atom is 0.363 e. The summed E-state index contributed by atoms with van der Waals surface area (Å²) in [5, 5.41) is 0.548. The smallest absolute Gasteiger partial charge is 0.363 e. The van der Waals surface area contributed by atoms with Gasteiger partial charge in [-0.05, 0) is 42.5 Å². The topological polar surface area (TPSA) is 47.9 Å². The highest BCUT2D eigenvalue weighted by atomic mass is 79.9. The Morgan fingerprint density at radius 2 is 2.09 bits per heavy atom. The van der Waals surface area contributed by atoms with E-state index in [1.807, 2.05) is 12.1 Å². The van der Waals surface area contributed by atoms with Crippen LogP contribution in [0.15, 0.2) is 57.6 Å². The van der Waals surface area contributed by atoms with Gasteiger partial charge in [0.25, 0.3) is 0 Å². The molecule has 0 saturated heterocycles. The summed E-state index contributed by atoms with van der Waals surface area (Å²) < 4.78 is 11.4. The number of nitrogens with zero attached hydrogens (tertiary/aromatic N) is 1. The van der Waals surface area contributed by atoms with Crippen LogP contribution in [0.2, 0.25) is 5.02 Å². The lowest BCUT2D eigenvalue weighted by atomic mass is 10.1. The lowest BCUT2D eigenvalue weighted by Gasteiger charge is -2.04. The number of halogens is 2. The first-order chi connectivity index (χ1) is 11.1. The zero-order valence-electron chi connectivity index (χ0n) is 12.0. The quantitative estimate of drug-likeness (QED) is 0.572. The van der Waals surface area contributed by atoms with E-state index in [0.29, 0.717) is 16.3 Å². The first-order valence-corrected chi connectivity index (χ1v) is 7.86. The molecule has 1 heterocycles. The second kappa shape index (κ2) is 6.56. The SMILES string of the molecule is COc1ccc(Br)cc1/C=C1\N=C(c2cccc(Cl)c2)OC1=O. The van der Waals surface area contributed by atoms with E-state index in [2.05, 4.69) is 20.9 Å². The molecule has 0 amide bonds. The van der Waals surface area contributed by atoms with Gasteiger partial charge in [0.1, 0.15) is 5.75 Å². The minimum absolute atomic E-state index is 0.205. The Morgan fingerprint density at radius 1 is 1.26 bits per heavy atom. The summed E-state index contributed by atoms with van der Waals surface area (Å²) in [6.07, 6.45) is 1.63. The van der Waals surface area contributed by atoms with E-state index < -0.39 is 5.97 Å². The van der Waals surface area contributed by atoms with Crippen LogP contribution in [0.3, 0.4) is 0 Å². The van der Waals surface area contributed by atoms with Crippen molar-refractivity contribution in [3.63, 3.8) is 0 Å². The summed E-state index contributed by atoms with van der Waals surface area (Å²) in [6, 6.07) is 12.5. The van der Waals surface area contributed by atoms with Crippen LogP contribution in [-0.2, 0) is 9.53 Å². The highest BCUT2D eigenvalue weighted by Gasteiger charge is 2.24.